The number of hydrogen-bond acceptors (Lipinski definition) is 3. The zero-order chi connectivity index (χ0) is 20.6. The molecule has 0 spiro atoms. The van der Waals surface area contributed by atoms with Crippen LogP contribution in [0.25, 0.3) is 10.9 Å². The zero-order valence-corrected chi connectivity index (χ0v) is 16.6. The molecule has 152 valence electrons. The summed E-state index contributed by atoms with van der Waals surface area (Å²) in [6.45, 7) is 3.40. The fourth-order valence-electron chi connectivity index (χ4n) is 4.94. The molecule has 29 heavy (non-hydrogen) atoms. The zero-order valence-electron chi connectivity index (χ0n) is 16.6. The van der Waals surface area contributed by atoms with Crippen LogP contribution in [0.5, 0.6) is 0 Å². The summed E-state index contributed by atoms with van der Waals surface area (Å²) in [5.74, 6) is -2.42. The summed E-state index contributed by atoms with van der Waals surface area (Å²) in [5.41, 5.74) is 2.34. The lowest BCUT2D eigenvalue weighted by molar-refractivity contribution is -0.141. The monoisotopic (exact) mass is 397 g/mol. The predicted octanol–water partition coefficient (Wildman–Crippen LogP) is 4.88. The van der Waals surface area contributed by atoms with Gasteiger partial charge < -0.3 is 4.90 Å². The highest BCUT2D eigenvalue weighted by Gasteiger charge is 2.40. The van der Waals surface area contributed by atoms with E-state index in [1.54, 1.807) is 12.3 Å². The molecule has 0 radical (unpaired) electrons. The fourth-order valence-corrected chi connectivity index (χ4v) is 4.94. The Bertz CT molecular complexity index is 958. The van der Waals surface area contributed by atoms with Gasteiger partial charge in [0.25, 0.3) is 0 Å². The van der Waals surface area contributed by atoms with Gasteiger partial charge in [0.2, 0.25) is 11.8 Å². The van der Waals surface area contributed by atoms with E-state index in [1.165, 1.54) is 0 Å². The Morgan fingerprint density at radius 1 is 1.24 bits per heavy atom. The minimum atomic E-state index is -2.62. The number of alkyl halides is 2. The third-order valence-corrected chi connectivity index (χ3v) is 6.40. The quantitative estimate of drug-likeness (QED) is 0.725. The van der Waals surface area contributed by atoms with E-state index < -0.39 is 5.92 Å². The highest BCUT2D eigenvalue weighted by atomic mass is 19.3. The number of piperidine rings is 1. The van der Waals surface area contributed by atoms with Gasteiger partial charge in [0.1, 0.15) is 6.07 Å². The van der Waals surface area contributed by atoms with Crippen molar-refractivity contribution >= 4 is 16.8 Å². The largest absolute Gasteiger partial charge is 0.342 e. The van der Waals surface area contributed by atoms with Crippen LogP contribution in [0, 0.1) is 23.2 Å². The molecule has 2 aromatic rings. The minimum Gasteiger partial charge on any atom is -0.342 e. The molecular weight excluding hydrogens is 372 g/mol. The molecule has 1 amide bonds. The van der Waals surface area contributed by atoms with Gasteiger partial charge in [-0.15, -0.1) is 0 Å². The molecule has 0 N–H and O–H groups in total. The average molecular weight is 397 g/mol. The number of aromatic nitrogens is 1. The first-order valence-electron chi connectivity index (χ1n) is 10.3. The van der Waals surface area contributed by atoms with Crippen LogP contribution in [0.4, 0.5) is 8.78 Å². The van der Waals surface area contributed by atoms with Crippen molar-refractivity contribution in [2.75, 3.05) is 13.1 Å². The van der Waals surface area contributed by atoms with E-state index >= 15 is 0 Å². The van der Waals surface area contributed by atoms with Crippen molar-refractivity contribution in [3.05, 3.63) is 41.6 Å². The van der Waals surface area contributed by atoms with Gasteiger partial charge in [-0.3, -0.25) is 9.78 Å². The van der Waals surface area contributed by atoms with Gasteiger partial charge in [0, 0.05) is 49.4 Å². The summed E-state index contributed by atoms with van der Waals surface area (Å²) >= 11 is 0. The summed E-state index contributed by atoms with van der Waals surface area (Å²) in [5, 5.41) is 10.3. The number of nitrogens with zero attached hydrogens (tertiary/aromatic N) is 3. The van der Waals surface area contributed by atoms with Crippen molar-refractivity contribution in [2.24, 2.45) is 11.8 Å². The van der Waals surface area contributed by atoms with Crippen LogP contribution in [0.1, 0.15) is 56.1 Å². The van der Waals surface area contributed by atoms with Crippen LogP contribution in [0.3, 0.4) is 0 Å². The topological polar surface area (TPSA) is 57.0 Å². The van der Waals surface area contributed by atoms with Gasteiger partial charge in [-0.25, -0.2) is 8.78 Å². The van der Waals surface area contributed by atoms with Crippen LogP contribution in [-0.4, -0.2) is 34.8 Å². The smallest absolute Gasteiger partial charge is 0.248 e. The number of halogens is 2. The minimum absolute atomic E-state index is 0.0214. The van der Waals surface area contributed by atoms with Gasteiger partial charge in [0.05, 0.1) is 11.1 Å². The SMILES string of the molecule is CC1CC(c2ccc(C#N)c3ncccc23)CN(C(=O)C2CCC(F)(F)CC2)C1. The maximum Gasteiger partial charge on any atom is 0.248 e. The molecule has 1 aromatic carbocycles. The molecule has 0 bridgehead atoms. The van der Waals surface area contributed by atoms with Gasteiger partial charge >= 0.3 is 0 Å². The summed E-state index contributed by atoms with van der Waals surface area (Å²) in [6.07, 6.45) is 2.79. The number of carbonyl (C=O) groups excluding carboxylic acids is 1. The second kappa shape index (κ2) is 7.70. The fraction of sp³-hybridized carbons (Fsp3) is 0.522. The Hall–Kier alpha value is -2.55. The molecule has 1 aliphatic heterocycles. The number of likely N-dealkylation sites (tertiary alicyclic amines) is 1. The van der Waals surface area contributed by atoms with Crippen molar-refractivity contribution in [2.45, 2.75) is 50.9 Å². The van der Waals surface area contributed by atoms with Crippen LogP contribution < -0.4 is 0 Å². The van der Waals surface area contributed by atoms with E-state index in [4.69, 9.17) is 0 Å². The molecule has 2 atom stereocenters. The molecule has 1 aliphatic carbocycles. The standard InChI is InChI=1S/C23H25F2N3O/c1-15-11-18(19-5-4-17(12-26)21-20(19)3-2-10-27-21)14-28(13-15)22(29)16-6-8-23(24,25)9-7-16/h2-5,10,15-16,18H,6-9,11,13-14H2,1H3. The Balaban J connectivity index is 1.58. The summed E-state index contributed by atoms with van der Waals surface area (Å²) in [4.78, 5) is 19.4. The van der Waals surface area contributed by atoms with E-state index in [0.29, 0.717) is 30.1 Å². The van der Waals surface area contributed by atoms with E-state index in [1.807, 2.05) is 23.1 Å². The molecule has 2 unspecified atom stereocenters. The number of amides is 1. The number of carbonyl (C=O) groups is 1. The van der Waals surface area contributed by atoms with Gasteiger partial charge in [-0.2, -0.15) is 5.26 Å². The van der Waals surface area contributed by atoms with Crippen LogP contribution in [0.15, 0.2) is 30.5 Å². The first-order chi connectivity index (χ1) is 13.9. The third-order valence-electron chi connectivity index (χ3n) is 6.40. The number of hydrogen-bond donors (Lipinski definition) is 0. The number of rotatable bonds is 2. The Kier molecular flexibility index (Phi) is 5.24. The Morgan fingerprint density at radius 3 is 2.72 bits per heavy atom. The number of nitriles is 1. The molecule has 2 heterocycles. The van der Waals surface area contributed by atoms with E-state index in [2.05, 4.69) is 18.0 Å². The van der Waals surface area contributed by atoms with Crippen molar-refractivity contribution in [1.29, 1.82) is 5.26 Å². The molecule has 2 aliphatic rings. The molecule has 4 nitrogen and oxygen atoms in total. The highest BCUT2D eigenvalue weighted by Crippen LogP contribution is 2.39. The molecule has 4 rings (SSSR count). The van der Waals surface area contributed by atoms with Crippen LogP contribution in [-0.2, 0) is 4.79 Å². The van der Waals surface area contributed by atoms with E-state index in [-0.39, 0.29) is 43.4 Å². The highest BCUT2D eigenvalue weighted by molar-refractivity contribution is 5.87. The van der Waals surface area contributed by atoms with E-state index in [9.17, 15) is 18.8 Å². The lowest BCUT2D eigenvalue weighted by Crippen LogP contribution is -2.46. The molecule has 1 saturated carbocycles. The molecule has 1 aromatic heterocycles. The van der Waals surface area contributed by atoms with Crippen molar-refractivity contribution in [1.82, 2.24) is 9.88 Å². The Labute approximate surface area is 169 Å². The third kappa shape index (κ3) is 3.96. The van der Waals surface area contributed by atoms with Gasteiger partial charge in [-0.1, -0.05) is 19.1 Å². The van der Waals surface area contributed by atoms with Gasteiger partial charge in [0.15, 0.2) is 0 Å². The lowest BCUT2D eigenvalue weighted by Gasteiger charge is -2.40. The summed E-state index contributed by atoms with van der Waals surface area (Å²) in [6, 6.07) is 9.83. The first-order valence-corrected chi connectivity index (χ1v) is 10.3. The summed E-state index contributed by atoms with van der Waals surface area (Å²) < 4.78 is 27.0. The maximum absolute atomic E-state index is 13.5. The molecule has 2 fully saturated rings. The van der Waals surface area contributed by atoms with Crippen molar-refractivity contribution in [3.63, 3.8) is 0 Å². The predicted molar refractivity (Wildman–Crippen MR) is 106 cm³/mol. The molecular formula is C23H25F2N3O. The van der Waals surface area contributed by atoms with Crippen molar-refractivity contribution < 1.29 is 13.6 Å². The molecule has 6 heteroatoms. The second-order valence-corrected chi connectivity index (χ2v) is 8.62. The number of pyridine rings is 1. The van der Waals surface area contributed by atoms with Gasteiger partial charge in [-0.05, 0) is 42.9 Å². The Morgan fingerprint density at radius 2 is 2.00 bits per heavy atom. The average Bonchev–Trinajstić information content (AvgIpc) is 2.72. The van der Waals surface area contributed by atoms with E-state index in [0.717, 1.165) is 17.4 Å². The first kappa shape index (κ1) is 19.8. The normalized spacial score (nSPS) is 25.0. The maximum atomic E-state index is 13.5. The second-order valence-electron chi connectivity index (χ2n) is 8.62. The van der Waals surface area contributed by atoms with Crippen LogP contribution >= 0.6 is 0 Å². The number of benzene rings is 1. The molecule has 1 saturated heterocycles. The number of fused-ring (bicyclic) bond motifs is 1. The lowest BCUT2D eigenvalue weighted by atomic mass is 9.81. The van der Waals surface area contributed by atoms with Crippen molar-refractivity contribution in [3.8, 4) is 6.07 Å². The van der Waals surface area contributed by atoms with Crippen LogP contribution in [0.2, 0.25) is 0 Å². The summed E-state index contributed by atoms with van der Waals surface area (Å²) in [7, 11) is 0.